The van der Waals surface area contributed by atoms with Gasteiger partial charge in [0, 0.05) is 17.1 Å². The average Bonchev–Trinajstić information content (AvgIpc) is 3.22. The van der Waals surface area contributed by atoms with Crippen molar-refractivity contribution in [2.45, 2.75) is 18.6 Å². The zero-order chi connectivity index (χ0) is 18.5. The normalized spacial score (nSPS) is 18.5. The lowest BCUT2D eigenvalue weighted by Gasteiger charge is -2.08. The number of carbonyl (C=O) groups is 2. The van der Waals surface area contributed by atoms with E-state index in [1.54, 1.807) is 24.3 Å². The van der Waals surface area contributed by atoms with Crippen LogP contribution in [0.2, 0.25) is 5.02 Å². The summed E-state index contributed by atoms with van der Waals surface area (Å²) in [6.45, 7) is 1.88. The molecule has 9 heteroatoms. The van der Waals surface area contributed by atoms with E-state index < -0.39 is 5.25 Å². The molecular weight excluding hydrogens is 376 g/mol. The summed E-state index contributed by atoms with van der Waals surface area (Å²) in [4.78, 5) is 24.1. The van der Waals surface area contributed by atoms with Crippen molar-refractivity contribution in [2.24, 2.45) is 10.2 Å². The fourth-order valence-electron chi connectivity index (χ4n) is 2.14. The Balaban J connectivity index is 1.55. The minimum atomic E-state index is -0.562. The molecule has 0 radical (unpaired) electrons. The molecule has 0 saturated carbocycles. The Morgan fingerprint density at radius 1 is 1.46 bits per heavy atom. The van der Waals surface area contributed by atoms with E-state index in [1.807, 2.05) is 13.0 Å². The summed E-state index contributed by atoms with van der Waals surface area (Å²) < 4.78 is 5.09. The second kappa shape index (κ2) is 8.20. The van der Waals surface area contributed by atoms with Gasteiger partial charge >= 0.3 is 0 Å². The second-order valence-corrected chi connectivity index (χ2v) is 7.08. The van der Waals surface area contributed by atoms with Crippen LogP contribution in [0.1, 0.15) is 17.7 Å². The molecule has 1 saturated heterocycles. The van der Waals surface area contributed by atoms with Crippen molar-refractivity contribution >= 4 is 52.2 Å². The van der Waals surface area contributed by atoms with E-state index in [0.29, 0.717) is 21.6 Å². The van der Waals surface area contributed by atoms with Gasteiger partial charge in [-0.05, 0) is 36.8 Å². The molecule has 2 heterocycles. The molecule has 26 heavy (non-hydrogen) atoms. The summed E-state index contributed by atoms with van der Waals surface area (Å²) in [5.74, 6) is -0.00620. The molecule has 1 aromatic carbocycles. The third-order valence-electron chi connectivity index (χ3n) is 3.48. The van der Waals surface area contributed by atoms with E-state index >= 15 is 0 Å². The molecule has 134 valence electrons. The number of anilines is 1. The first-order valence-corrected chi connectivity index (χ1v) is 8.95. The van der Waals surface area contributed by atoms with Crippen molar-refractivity contribution < 1.29 is 14.0 Å². The fraction of sp³-hybridized carbons (Fsp3) is 0.176. The van der Waals surface area contributed by atoms with Crippen LogP contribution < -0.4 is 10.6 Å². The van der Waals surface area contributed by atoms with Crippen molar-refractivity contribution in [3.8, 4) is 0 Å². The van der Waals surface area contributed by atoms with Gasteiger partial charge in [-0.2, -0.15) is 5.10 Å². The molecule has 2 aromatic rings. The van der Waals surface area contributed by atoms with Gasteiger partial charge in [-0.3, -0.25) is 9.59 Å². The molecule has 0 spiro atoms. The van der Waals surface area contributed by atoms with Crippen LogP contribution in [-0.4, -0.2) is 28.4 Å². The van der Waals surface area contributed by atoms with E-state index in [-0.39, 0.29) is 18.2 Å². The average molecular weight is 391 g/mol. The summed E-state index contributed by atoms with van der Waals surface area (Å²) >= 11 is 7.20. The Morgan fingerprint density at radius 3 is 3.04 bits per heavy atom. The first-order valence-electron chi connectivity index (χ1n) is 7.69. The SMILES string of the molecule is Cc1ccc(NC(=O)C[C@@H]2S/C(=N/N=C\c3ccco3)NC2=O)cc1Cl. The number of nitrogens with zero attached hydrogens (tertiary/aromatic N) is 2. The number of carbonyl (C=O) groups excluding carboxylic acids is 2. The van der Waals surface area contributed by atoms with E-state index in [9.17, 15) is 9.59 Å². The van der Waals surface area contributed by atoms with Crippen LogP contribution >= 0.6 is 23.4 Å². The van der Waals surface area contributed by atoms with Crippen LogP contribution in [0.3, 0.4) is 0 Å². The van der Waals surface area contributed by atoms with Crippen molar-refractivity contribution in [1.29, 1.82) is 0 Å². The molecule has 1 aromatic heterocycles. The minimum absolute atomic E-state index is 0.0168. The van der Waals surface area contributed by atoms with Crippen molar-refractivity contribution in [2.75, 3.05) is 5.32 Å². The van der Waals surface area contributed by atoms with E-state index in [4.69, 9.17) is 16.0 Å². The molecule has 1 fully saturated rings. The maximum Gasteiger partial charge on any atom is 0.240 e. The predicted molar refractivity (Wildman–Crippen MR) is 103 cm³/mol. The Hall–Kier alpha value is -2.58. The van der Waals surface area contributed by atoms with Crippen molar-refractivity contribution in [3.63, 3.8) is 0 Å². The number of hydrogen-bond acceptors (Lipinski definition) is 6. The number of nitrogens with one attached hydrogen (secondary N) is 2. The maximum absolute atomic E-state index is 12.2. The van der Waals surface area contributed by atoms with Gasteiger partial charge in [-0.25, -0.2) is 0 Å². The monoisotopic (exact) mass is 390 g/mol. The Labute approximate surface area is 158 Å². The number of halogens is 1. The number of thioether (sulfide) groups is 1. The standard InChI is InChI=1S/C17H15ClN4O3S/c1-10-4-5-11(7-13(10)18)20-15(23)8-14-16(24)21-17(26-14)22-19-9-12-3-2-6-25-12/h2-7,9,14H,8H2,1H3,(H,20,23)(H,21,22,24)/b19-9-/t14-/m0/s1. The van der Waals surface area contributed by atoms with Crippen molar-refractivity contribution in [3.05, 3.63) is 52.9 Å². The Kier molecular flexibility index (Phi) is 5.75. The van der Waals surface area contributed by atoms with Gasteiger partial charge in [0.2, 0.25) is 11.8 Å². The molecule has 3 rings (SSSR count). The van der Waals surface area contributed by atoms with Gasteiger partial charge in [0.1, 0.15) is 11.0 Å². The van der Waals surface area contributed by atoms with Crippen LogP contribution in [0.4, 0.5) is 5.69 Å². The first kappa shape index (κ1) is 18.2. The van der Waals surface area contributed by atoms with Gasteiger partial charge in [-0.15, -0.1) is 5.10 Å². The van der Waals surface area contributed by atoms with Crippen LogP contribution in [-0.2, 0) is 9.59 Å². The molecule has 0 aliphatic carbocycles. The van der Waals surface area contributed by atoms with Crippen LogP contribution in [0.15, 0.2) is 51.2 Å². The number of hydrogen-bond donors (Lipinski definition) is 2. The predicted octanol–water partition coefficient (Wildman–Crippen LogP) is 3.19. The van der Waals surface area contributed by atoms with Crippen LogP contribution in [0, 0.1) is 6.92 Å². The highest BCUT2D eigenvalue weighted by atomic mass is 35.5. The molecule has 0 unspecified atom stereocenters. The number of rotatable bonds is 5. The molecule has 2 amide bonds. The number of aryl methyl sites for hydroxylation is 1. The molecule has 2 N–H and O–H groups in total. The molecule has 1 aliphatic rings. The molecule has 1 atom stereocenters. The smallest absolute Gasteiger partial charge is 0.240 e. The summed E-state index contributed by atoms with van der Waals surface area (Å²) in [5.41, 5.74) is 1.51. The summed E-state index contributed by atoms with van der Waals surface area (Å²) in [6, 6.07) is 8.71. The van der Waals surface area contributed by atoms with Crippen LogP contribution in [0.25, 0.3) is 0 Å². The zero-order valence-corrected chi connectivity index (χ0v) is 15.3. The third-order valence-corrected chi connectivity index (χ3v) is 4.96. The van der Waals surface area contributed by atoms with Gasteiger partial charge in [-0.1, -0.05) is 29.4 Å². The summed E-state index contributed by atoms with van der Waals surface area (Å²) in [5, 5.41) is 13.5. The van der Waals surface area contributed by atoms with Gasteiger partial charge < -0.3 is 15.1 Å². The van der Waals surface area contributed by atoms with Gasteiger partial charge in [0.05, 0.1) is 12.5 Å². The molecular formula is C17H15ClN4O3S. The maximum atomic E-state index is 12.2. The highest BCUT2D eigenvalue weighted by Crippen LogP contribution is 2.24. The largest absolute Gasteiger partial charge is 0.463 e. The molecule has 7 nitrogen and oxygen atoms in total. The first-order chi connectivity index (χ1) is 12.5. The highest BCUT2D eigenvalue weighted by Gasteiger charge is 2.32. The van der Waals surface area contributed by atoms with E-state index in [0.717, 1.165) is 17.3 Å². The molecule has 1 aliphatic heterocycles. The molecule has 0 bridgehead atoms. The number of furan rings is 1. The Bertz CT molecular complexity index is 880. The summed E-state index contributed by atoms with van der Waals surface area (Å²) in [6.07, 6.45) is 2.97. The lowest BCUT2D eigenvalue weighted by Crippen LogP contribution is -2.28. The lowest BCUT2D eigenvalue weighted by molar-refractivity contribution is -0.122. The van der Waals surface area contributed by atoms with Crippen molar-refractivity contribution in [1.82, 2.24) is 5.32 Å². The number of benzene rings is 1. The lowest BCUT2D eigenvalue weighted by atomic mass is 10.2. The van der Waals surface area contributed by atoms with Crippen LogP contribution in [0.5, 0.6) is 0 Å². The summed E-state index contributed by atoms with van der Waals surface area (Å²) in [7, 11) is 0. The Morgan fingerprint density at radius 2 is 2.31 bits per heavy atom. The third kappa shape index (κ3) is 4.74. The second-order valence-electron chi connectivity index (χ2n) is 5.48. The van der Waals surface area contributed by atoms with E-state index in [1.165, 1.54) is 12.5 Å². The number of amides is 2. The van der Waals surface area contributed by atoms with Gasteiger partial charge in [0.15, 0.2) is 5.17 Å². The minimum Gasteiger partial charge on any atom is -0.463 e. The highest BCUT2D eigenvalue weighted by molar-refractivity contribution is 8.15. The van der Waals surface area contributed by atoms with E-state index in [2.05, 4.69) is 20.8 Å². The fourth-order valence-corrected chi connectivity index (χ4v) is 3.25. The number of amidine groups is 1. The topological polar surface area (TPSA) is 96.1 Å². The quantitative estimate of drug-likeness (QED) is 0.605. The zero-order valence-electron chi connectivity index (χ0n) is 13.7. The van der Waals surface area contributed by atoms with Gasteiger partial charge in [0.25, 0.3) is 0 Å².